The first-order valence-corrected chi connectivity index (χ1v) is 5.66. The number of hydrogen-bond donors (Lipinski definition) is 4. The van der Waals surface area contributed by atoms with Gasteiger partial charge in [-0.1, -0.05) is 0 Å². The Labute approximate surface area is 111 Å². The summed E-state index contributed by atoms with van der Waals surface area (Å²) in [7, 11) is 0. The van der Waals surface area contributed by atoms with Crippen LogP contribution in [0.2, 0.25) is 0 Å². The fraction of sp³-hybridized carbons (Fsp3) is 0.500. The zero-order valence-corrected chi connectivity index (χ0v) is 11.1. The van der Waals surface area contributed by atoms with Crippen molar-refractivity contribution in [2.24, 2.45) is 21.7 Å². The average molecular weight is 276 g/mol. The van der Waals surface area contributed by atoms with Gasteiger partial charge in [0, 0.05) is 13.0 Å². The summed E-state index contributed by atoms with van der Waals surface area (Å²) in [5, 5.41) is 7.87. The van der Waals surface area contributed by atoms with Gasteiger partial charge in [-0.25, -0.2) is 0 Å². The lowest BCUT2D eigenvalue weighted by atomic mass is 10.3. The van der Waals surface area contributed by atoms with Crippen molar-refractivity contribution < 1.29 is 4.74 Å². The Morgan fingerprint density at radius 1 is 1.29 bits per heavy atom. The van der Waals surface area contributed by atoms with E-state index in [1.807, 2.05) is 6.92 Å². The number of thiocarbonyl (C=S) groups is 2. The number of ether oxygens (including phenoxy) is 1. The van der Waals surface area contributed by atoms with Gasteiger partial charge in [0.15, 0.2) is 10.2 Å². The molecule has 0 saturated heterocycles. The van der Waals surface area contributed by atoms with Crippen molar-refractivity contribution in [3.63, 3.8) is 0 Å². The Bertz CT molecular complexity index is 317. The largest absolute Gasteiger partial charge is 0.381 e. The average Bonchev–Trinajstić information content (AvgIpc) is 2.24. The van der Waals surface area contributed by atoms with E-state index in [4.69, 9.17) is 16.2 Å². The first-order chi connectivity index (χ1) is 8.06. The van der Waals surface area contributed by atoms with E-state index in [1.165, 1.54) is 6.21 Å². The molecule has 0 aromatic rings. The molecule has 0 amide bonds. The van der Waals surface area contributed by atoms with Gasteiger partial charge >= 0.3 is 0 Å². The monoisotopic (exact) mass is 276 g/mol. The molecule has 7 nitrogen and oxygen atoms in total. The third-order valence-electron chi connectivity index (χ3n) is 1.40. The third kappa shape index (κ3) is 11.0. The lowest BCUT2D eigenvalue weighted by Crippen LogP contribution is -2.27. The lowest BCUT2D eigenvalue weighted by molar-refractivity contribution is 0.155. The van der Waals surface area contributed by atoms with Crippen LogP contribution in [0.25, 0.3) is 0 Å². The number of nitrogens with two attached hydrogens (primary N) is 2. The highest BCUT2D eigenvalue weighted by atomic mass is 32.1. The molecule has 0 saturated carbocycles. The standard InChI is InChI=1S/C8H16N6OS2/c1-2-15-4-3-6(12-14-8(10)17)5-11-13-7(9)16/h5H,2-4H2,1H3,(H3,9,13,16)(H3,10,14,17)/b11-5+,12-6+. The highest BCUT2D eigenvalue weighted by Gasteiger charge is 1.97. The second-order valence-corrected chi connectivity index (χ2v) is 3.64. The van der Waals surface area contributed by atoms with Crippen LogP contribution in [0.15, 0.2) is 10.2 Å². The summed E-state index contributed by atoms with van der Waals surface area (Å²) in [6.07, 6.45) is 2.02. The number of hydrazone groups is 2. The van der Waals surface area contributed by atoms with E-state index in [2.05, 4.69) is 45.5 Å². The van der Waals surface area contributed by atoms with Crippen LogP contribution in [0.4, 0.5) is 0 Å². The summed E-state index contributed by atoms with van der Waals surface area (Å²) in [6.45, 7) is 3.07. The minimum absolute atomic E-state index is 0.0766. The van der Waals surface area contributed by atoms with E-state index in [0.29, 0.717) is 25.3 Å². The van der Waals surface area contributed by atoms with Crippen LogP contribution in [0.1, 0.15) is 13.3 Å². The predicted molar refractivity (Wildman–Crippen MR) is 76.9 cm³/mol. The van der Waals surface area contributed by atoms with Crippen LogP contribution in [-0.2, 0) is 4.74 Å². The predicted octanol–water partition coefficient (Wildman–Crippen LogP) is -0.579. The lowest BCUT2D eigenvalue weighted by Gasteiger charge is -2.03. The van der Waals surface area contributed by atoms with Crippen LogP contribution in [0.5, 0.6) is 0 Å². The molecular formula is C8H16N6OS2. The Balaban J connectivity index is 4.28. The van der Waals surface area contributed by atoms with E-state index in [0.717, 1.165) is 0 Å². The quantitative estimate of drug-likeness (QED) is 0.213. The van der Waals surface area contributed by atoms with E-state index in [1.54, 1.807) is 0 Å². The SMILES string of the molecule is CCOCCC(/C=N/NC(N)=S)=N\NC(N)=S. The van der Waals surface area contributed by atoms with Gasteiger partial charge in [-0.05, 0) is 31.4 Å². The third-order valence-corrected chi connectivity index (χ3v) is 1.59. The summed E-state index contributed by atoms with van der Waals surface area (Å²) in [5.41, 5.74) is 16.0. The molecule has 96 valence electrons. The number of rotatable bonds is 7. The van der Waals surface area contributed by atoms with Crippen molar-refractivity contribution in [3.8, 4) is 0 Å². The summed E-state index contributed by atoms with van der Waals surface area (Å²) >= 11 is 9.22. The van der Waals surface area contributed by atoms with Gasteiger partial charge in [0.05, 0.1) is 18.5 Å². The van der Waals surface area contributed by atoms with Gasteiger partial charge in [0.2, 0.25) is 0 Å². The van der Waals surface area contributed by atoms with Gasteiger partial charge in [0.1, 0.15) is 0 Å². The molecule has 0 aliphatic carbocycles. The Morgan fingerprint density at radius 2 is 1.94 bits per heavy atom. The van der Waals surface area contributed by atoms with E-state index in [-0.39, 0.29) is 10.2 Å². The summed E-state index contributed by atoms with van der Waals surface area (Å²) < 4.78 is 5.19. The first-order valence-electron chi connectivity index (χ1n) is 4.84. The van der Waals surface area contributed by atoms with Gasteiger partial charge < -0.3 is 16.2 Å². The molecule has 0 aliphatic heterocycles. The fourth-order valence-electron chi connectivity index (χ4n) is 0.768. The second kappa shape index (κ2) is 9.87. The van der Waals surface area contributed by atoms with Crippen molar-refractivity contribution in [1.29, 1.82) is 0 Å². The normalized spacial score (nSPS) is 11.5. The molecular weight excluding hydrogens is 260 g/mol. The Kier molecular flexibility index (Phi) is 9.11. The molecule has 0 radical (unpaired) electrons. The molecule has 17 heavy (non-hydrogen) atoms. The van der Waals surface area contributed by atoms with Crippen LogP contribution in [0.3, 0.4) is 0 Å². The van der Waals surface area contributed by atoms with Crippen molar-refractivity contribution >= 4 is 46.6 Å². The van der Waals surface area contributed by atoms with Crippen LogP contribution >= 0.6 is 24.4 Å². The molecule has 9 heteroatoms. The number of nitrogens with one attached hydrogen (secondary N) is 2. The maximum absolute atomic E-state index is 5.25. The fourth-order valence-corrected chi connectivity index (χ4v) is 0.866. The van der Waals surface area contributed by atoms with Crippen molar-refractivity contribution in [2.45, 2.75) is 13.3 Å². The molecule has 0 bridgehead atoms. The minimum atomic E-state index is 0.0766. The van der Waals surface area contributed by atoms with Crippen molar-refractivity contribution in [2.75, 3.05) is 13.2 Å². The molecule has 0 aliphatic rings. The maximum Gasteiger partial charge on any atom is 0.184 e. The van der Waals surface area contributed by atoms with E-state index < -0.39 is 0 Å². The van der Waals surface area contributed by atoms with Gasteiger partial charge in [-0.3, -0.25) is 10.9 Å². The van der Waals surface area contributed by atoms with Gasteiger partial charge in [-0.15, -0.1) is 0 Å². The van der Waals surface area contributed by atoms with Crippen molar-refractivity contribution in [3.05, 3.63) is 0 Å². The number of nitrogens with zero attached hydrogens (tertiary/aromatic N) is 2. The summed E-state index contributed by atoms with van der Waals surface area (Å²) in [4.78, 5) is 0. The summed E-state index contributed by atoms with van der Waals surface area (Å²) in [5.74, 6) is 0. The van der Waals surface area contributed by atoms with E-state index >= 15 is 0 Å². The second-order valence-electron chi connectivity index (χ2n) is 2.76. The number of hydrogen-bond acceptors (Lipinski definition) is 5. The zero-order chi connectivity index (χ0) is 13.1. The van der Waals surface area contributed by atoms with E-state index in [9.17, 15) is 0 Å². The highest BCUT2D eigenvalue weighted by molar-refractivity contribution is 7.80. The molecule has 0 atom stereocenters. The Morgan fingerprint density at radius 3 is 2.47 bits per heavy atom. The molecule has 0 fully saturated rings. The maximum atomic E-state index is 5.25. The highest BCUT2D eigenvalue weighted by Crippen LogP contribution is 1.86. The van der Waals surface area contributed by atoms with Gasteiger partial charge in [-0.2, -0.15) is 10.2 Å². The first kappa shape index (κ1) is 15.7. The molecule has 0 aromatic carbocycles. The molecule has 0 heterocycles. The molecule has 0 aromatic heterocycles. The van der Waals surface area contributed by atoms with Crippen molar-refractivity contribution in [1.82, 2.24) is 10.9 Å². The molecule has 0 rings (SSSR count). The zero-order valence-electron chi connectivity index (χ0n) is 9.47. The topological polar surface area (TPSA) is 110 Å². The minimum Gasteiger partial charge on any atom is -0.381 e. The summed E-state index contributed by atoms with van der Waals surface area (Å²) in [6, 6.07) is 0. The molecule has 6 N–H and O–H groups in total. The van der Waals surface area contributed by atoms with Gasteiger partial charge in [0.25, 0.3) is 0 Å². The smallest absolute Gasteiger partial charge is 0.184 e. The molecule has 0 unspecified atom stereocenters. The molecule has 0 spiro atoms. The van der Waals surface area contributed by atoms with Crippen LogP contribution in [-0.4, -0.2) is 35.4 Å². The van der Waals surface area contributed by atoms with Crippen LogP contribution < -0.4 is 22.3 Å². The Hall–Kier alpha value is -1.32. The van der Waals surface area contributed by atoms with Crippen LogP contribution in [0, 0.1) is 0 Å².